The van der Waals surface area contributed by atoms with Crippen molar-refractivity contribution in [2.75, 3.05) is 4.90 Å². The standard InChI is InChI=1S/C14H12N2O2S/c1-8-3-9(2)12-11(4-8)13(17)14(18)16(12)6-10-5-15-7-19-10/h3-5,7H,6H2,1-2H3. The predicted molar refractivity (Wildman–Crippen MR) is 73.6 cm³/mol. The highest BCUT2D eigenvalue weighted by molar-refractivity contribution is 7.09. The van der Waals surface area contributed by atoms with Gasteiger partial charge in [0.1, 0.15) is 0 Å². The minimum atomic E-state index is -0.447. The van der Waals surface area contributed by atoms with Crippen LogP contribution in [-0.4, -0.2) is 16.7 Å². The van der Waals surface area contributed by atoms with Crippen LogP contribution in [-0.2, 0) is 11.3 Å². The molecule has 96 valence electrons. The van der Waals surface area contributed by atoms with Crippen LogP contribution in [0.1, 0.15) is 26.4 Å². The zero-order chi connectivity index (χ0) is 13.6. The van der Waals surface area contributed by atoms with Crippen LogP contribution >= 0.6 is 11.3 Å². The Morgan fingerprint density at radius 3 is 2.74 bits per heavy atom. The third-order valence-corrected chi connectivity index (χ3v) is 3.96. The molecule has 5 heteroatoms. The van der Waals surface area contributed by atoms with Gasteiger partial charge in [-0.3, -0.25) is 19.5 Å². The summed E-state index contributed by atoms with van der Waals surface area (Å²) in [6.45, 7) is 4.26. The number of fused-ring (bicyclic) bond motifs is 1. The first-order valence-corrected chi connectivity index (χ1v) is 6.80. The van der Waals surface area contributed by atoms with E-state index in [1.54, 1.807) is 22.7 Å². The molecule has 0 N–H and O–H groups in total. The number of carbonyl (C=O) groups excluding carboxylic acids is 2. The summed E-state index contributed by atoms with van der Waals surface area (Å²) in [5.74, 6) is -0.858. The summed E-state index contributed by atoms with van der Waals surface area (Å²) in [6.07, 6.45) is 1.73. The SMILES string of the molecule is Cc1cc(C)c2c(c1)C(=O)C(=O)N2Cc1cncs1. The number of nitrogens with zero attached hydrogens (tertiary/aromatic N) is 2. The largest absolute Gasteiger partial charge is 0.299 e. The van der Waals surface area contributed by atoms with Gasteiger partial charge in [-0.15, -0.1) is 11.3 Å². The minimum absolute atomic E-state index is 0.409. The molecule has 0 saturated carbocycles. The summed E-state index contributed by atoms with van der Waals surface area (Å²) in [4.78, 5) is 30.7. The zero-order valence-electron chi connectivity index (χ0n) is 10.6. The highest BCUT2D eigenvalue weighted by Gasteiger charge is 2.37. The van der Waals surface area contributed by atoms with E-state index < -0.39 is 11.7 Å². The number of Topliss-reactive ketones (excluding diaryl/α,β-unsaturated/α-hetero) is 1. The minimum Gasteiger partial charge on any atom is -0.299 e. The molecule has 4 nitrogen and oxygen atoms in total. The second kappa shape index (κ2) is 4.28. The average molecular weight is 272 g/mol. The van der Waals surface area contributed by atoms with Crippen molar-refractivity contribution >= 4 is 28.7 Å². The topological polar surface area (TPSA) is 50.3 Å². The van der Waals surface area contributed by atoms with E-state index in [0.29, 0.717) is 12.1 Å². The second-order valence-corrected chi connectivity index (χ2v) is 5.64. The molecule has 1 aliphatic rings. The quantitative estimate of drug-likeness (QED) is 0.789. The summed E-state index contributed by atoms with van der Waals surface area (Å²) < 4.78 is 0. The first-order valence-electron chi connectivity index (χ1n) is 5.92. The van der Waals surface area contributed by atoms with Gasteiger partial charge < -0.3 is 0 Å². The molecule has 3 rings (SSSR count). The number of rotatable bonds is 2. The first-order chi connectivity index (χ1) is 9.08. The van der Waals surface area contributed by atoms with Crippen molar-refractivity contribution in [3.63, 3.8) is 0 Å². The summed E-state index contributed by atoms with van der Waals surface area (Å²) in [5, 5.41) is 0. The van der Waals surface area contributed by atoms with Gasteiger partial charge in [0.2, 0.25) is 0 Å². The lowest BCUT2D eigenvalue weighted by atomic mass is 10.0. The molecular formula is C14H12N2O2S. The molecule has 0 radical (unpaired) electrons. The van der Waals surface area contributed by atoms with E-state index in [1.165, 1.54) is 11.3 Å². The molecule has 0 fully saturated rings. The predicted octanol–water partition coefficient (Wildman–Crippen LogP) is 2.49. The highest BCUT2D eigenvalue weighted by atomic mass is 32.1. The fraction of sp³-hybridized carbons (Fsp3) is 0.214. The van der Waals surface area contributed by atoms with Gasteiger partial charge in [-0.2, -0.15) is 0 Å². The van der Waals surface area contributed by atoms with E-state index in [-0.39, 0.29) is 0 Å². The van der Waals surface area contributed by atoms with Crippen LogP contribution in [0.5, 0.6) is 0 Å². The van der Waals surface area contributed by atoms with E-state index in [4.69, 9.17) is 0 Å². The fourth-order valence-electron chi connectivity index (χ4n) is 2.46. The van der Waals surface area contributed by atoms with Gasteiger partial charge in [-0.05, 0) is 31.0 Å². The van der Waals surface area contributed by atoms with Crippen molar-refractivity contribution in [3.05, 3.63) is 45.4 Å². The molecule has 2 heterocycles. The fourth-order valence-corrected chi connectivity index (χ4v) is 3.04. The van der Waals surface area contributed by atoms with Crippen LogP contribution in [0.25, 0.3) is 0 Å². The lowest BCUT2D eigenvalue weighted by Gasteiger charge is -2.17. The number of hydrogen-bond donors (Lipinski definition) is 0. The maximum Gasteiger partial charge on any atom is 0.299 e. The van der Waals surface area contributed by atoms with Gasteiger partial charge in [0, 0.05) is 11.1 Å². The average Bonchev–Trinajstić information content (AvgIpc) is 2.93. The molecule has 0 unspecified atom stereocenters. The molecule has 1 aromatic carbocycles. The number of benzene rings is 1. The maximum atomic E-state index is 12.1. The molecule has 1 aromatic heterocycles. The van der Waals surface area contributed by atoms with Crippen molar-refractivity contribution in [2.45, 2.75) is 20.4 Å². The summed E-state index contributed by atoms with van der Waals surface area (Å²) in [6, 6.07) is 3.78. The van der Waals surface area contributed by atoms with E-state index >= 15 is 0 Å². The van der Waals surface area contributed by atoms with Crippen molar-refractivity contribution in [3.8, 4) is 0 Å². The third-order valence-electron chi connectivity index (χ3n) is 3.20. The Hall–Kier alpha value is -2.01. The number of anilines is 1. The summed E-state index contributed by atoms with van der Waals surface area (Å²) >= 11 is 1.48. The van der Waals surface area contributed by atoms with Crippen LogP contribution in [0.4, 0.5) is 5.69 Å². The Morgan fingerprint density at radius 2 is 2.05 bits per heavy atom. The smallest absolute Gasteiger partial charge is 0.299 e. The summed E-state index contributed by atoms with van der Waals surface area (Å²) in [7, 11) is 0. The van der Waals surface area contributed by atoms with Crippen LogP contribution in [0, 0.1) is 13.8 Å². The summed E-state index contributed by atoms with van der Waals surface area (Å²) in [5.41, 5.74) is 4.94. The molecule has 1 aliphatic heterocycles. The maximum absolute atomic E-state index is 12.1. The number of hydrogen-bond acceptors (Lipinski definition) is 4. The van der Waals surface area contributed by atoms with Crippen molar-refractivity contribution < 1.29 is 9.59 Å². The van der Waals surface area contributed by atoms with Gasteiger partial charge in [-0.25, -0.2) is 0 Å². The van der Waals surface area contributed by atoms with E-state index in [9.17, 15) is 9.59 Å². The van der Waals surface area contributed by atoms with E-state index in [0.717, 1.165) is 21.7 Å². The van der Waals surface area contributed by atoms with Gasteiger partial charge in [0.25, 0.3) is 11.7 Å². The first kappa shape index (κ1) is 12.0. The molecule has 0 spiro atoms. The van der Waals surface area contributed by atoms with Crippen LogP contribution in [0.2, 0.25) is 0 Å². The lowest BCUT2D eigenvalue weighted by molar-refractivity contribution is -0.114. The zero-order valence-corrected chi connectivity index (χ0v) is 11.5. The Bertz CT molecular complexity index is 677. The van der Waals surface area contributed by atoms with Gasteiger partial charge in [0.15, 0.2) is 0 Å². The van der Waals surface area contributed by atoms with E-state index in [2.05, 4.69) is 4.98 Å². The van der Waals surface area contributed by atoms with Gasteiger partial charge in [-0.1, -0.05) is 6.07 Å². The van der Waals surface area contributed by atoms with Crippen molar-refractivity contribution in [1.29, 1.82) is 0 Å². The molecule has 1 amide bonds. The molecule has 2 aromatic rings. The highest BCUT2D eigenvalue weighted by Crippen LogP contribution is 2.34. The number of ketones is 1. The number of aromatic nitrogens is 1. The van der Waals surface area contributed by atoms with Crippen molar-refractivity contribution in [2.24, 2.45) is 0 Å². The molecule has 0 bridgehead atoms. The van der Waals surface area contributed by atoms with Gasteiger partial charge in [0.05, 0.1) is 23.3 Å². The number of carbonyl (C=O) groups is 2. The number of amides is 1. The Morgan fingerprint density at radius 1 is 1.26 bits per heavy atom. The Balaban J connectivity index is 2.09. The Kier molecular flexibility index (Phi) is 2.71. The third kappa shape index (κ3) is 1.86. The lowest BCUT2D eigenvalue weighted by Crippen LogP contribution is -2.29. The van der Waals surface area contributed by atoms with Crippen molar-refractivity contribution in [1.82, 2.24) is 4.98 Å². The molecular weight excluding hydrogens is 260 g/mol. The van der Waals surface area contributed by atoms with Gasteiger partial charge >= 0.3 is 0 Å². The normalized spacial score (nSPS) is 14.1. The van der Waals surface area contributed by atoms with E-state index in [1.807, 2.05) is 19.9 Å². The Labute approximate surface area is 114 Å². The van der Waals surface area contributed by atoms with Crippen LogP contribution in [0.3, 0.4) is 0 Å². The number of thiazole rings is 1. The molecule has 19 heavy (non-hydrogen) atoms. The van der Waals surface area contributed by atoms with Crippen LogP contribution in [0.15, 0.2) is 23.8 Å². The molecule has 0 atom stereocenters. The number of aryl methyl sites for hydroxylation is 2. The molecule has 0 aliphatic carbocycles. The monoisotopic (exact) mass is 272 g/mol. The second-order valence-electron chi connectivity index (χ2n) is 4.67. The molecule has 0 saturated heterocycles. The van der Waals surface area contributed by atoms with Crippen LogP contribution < -0.4 is 4.90 Å².